The van der Waals surface area contributed by atoms with E-state index < -0.39 is 0 Å². The Labute approximate surface area is 141 Å². The second-order valence-electron chi connectivity index (χ2n) is 6.24. The highest BCUT2D eigenvalue weighted by Crippen LogP contribution is 2.10. The fourth-order valence-corrected chi connectivity index (χ4v) is 2.96. The molecular formula is C18H23FN4O. The zero-order valence-electron chi connectivity index (χ0n) is 14.0. The van der Waals surface area contributed by atoms with Crippen molar-refractivity contribution in [1.82, 2.24) is 19.4 Å². The number of rotatable bonds is 5. The fourth-order valence-electron chi connectivity index (χ4n) is 2.96. The fraction of sp³-hybridized carbons (Fsp3) is 0.444. The minimum Gasteiger partial charge on any atom is -0.340 e. The van der Waals surface area contributed by atoms with Gasteiger partial charge < -0.3 is 9.47 Å². The van der Waals surface area contributed by atoms with Crippen molar-refractivity contribution in [3.05, 3.63) is 53.9 Å². The van der Waals surface area contributed by atoms with Crippen LogP contribution in [0.3, 0.4) is 0 Å². The number of nitrogens with zero attached hydrogens (tertiary/aromatic N) is 4. The molecule has 1 amide bonds. The Bertz CT molecular complexity index is 675. The smallest absolute Gasteiger partial charge is 0.222 e. The average molecular weight is 330 g/mol. The van der Waals surface area contributed by atoms with Crippen LogP contribution in [0.4, 0.5) is 4.39 Å². The Kier molecular flexibility index (Phi) is 5.25. The van der Waals surface area contributed by atoms with Crippen molar-refractivity contribution in [3.8, 4) is 0 Å². The van der Waals surface area contributed by atoms with Gasteiger partial charge in [0.2, 0.25) is 5.91 Å². The quantitative estimate of drug-likeness (QED) is 0.840. The Balaban J connectivity index is 1.43. The van der Waals surface area contributed by atoms with Gasteiger partial charge in [0.15, 0.2) is 0 Å². The number of benzene rings is 1. The van der Waals surface area contributed by atoms with E-state index in [2.05, 4.69) is 9.88 Å². The van der Waals surface area contributed by atoms with Crippen LogP contribution in [0.5, 0.6) is 0 Å². The van der Waals surface area contributed by atoms with Crippen LogP contribution in [0.25, 0.3) is 0 Å². The van der Waals surface area contributed by atoms with Crippen molar-refractivity contribution < 1.29 is 9.18 Å². The minimum atomic E-state index is -0.242. The highest BCUT2D eigenvalue weighted by molar-refractivity contribution is 5.76. The van der Waals surface area contributed by atoms with Crippen molar-refractivity contribution in [2.75, 3.05) is 26.2 Å². The lowest BCUT2D eigenvalue weighted by Gasteiger charge is -2.34. The van der Waals surface area contributed by atoms with Gasteiger partial charge >= 0.3 is 0 Å². The molecule has 6 heteroatoms. The van der Waals surface area contributed by atoms with E-state index in [-0.39, 0.29) is 11.7 Å². The number of amides is 1. The third-order valence-electron chi connectivity index (χ3n) is 4.55. The molecule has 0 aliphatic carbocycles. The molecule has 0 bridgehead atoms. The second-order valence-corrected chi connectivity index (χ2v) is 6.24. The number of imidazole rings is 1. The second kappa shape index (κ2) is 7.57. The third-order valence-corrected chi connectivity index (χ3v) is 4.55. The third kappa shape index (κ3) is 4.20. The van der Waals surface area contributed by atoms with E-state index in [0.717, 1.165) is 44.1 Å². The monoisotopic (exact) mass is 330 g/mol. The van der Waals surface area contributed by atoms with E-state index in [0.29, 0.717) is 12.8 Å². The number of piperazine rings is 1. The molecule has 3 rings (SSSR count). The topological polar surface area (TPSA) is 41.4 Å². The Hall–Kier alpha value is -2.21. The summed E-state index contributed by atoms with van der Waals surface area (Å²) in [5, 5.41) is 0. The summed E-state index contributed by atoms with van der Waals surface area (Å²) in [5.74, 6) is 0.982. The number of hydrogen-bond donors (Lipinski definition) is 0. The number of aromatic nitrogens is 2. The van der Waals surface area contributed by atoms with Crippen LogP contribution in [0, 0.1) is 5.82 Å². The molecule has 1 aliphatic heterocycles. The van der Waals surface area contributed by atoms with Crippen molar-refractivity contribution in [3.63, 3.8) is 0 Å². The molecule has 2 aromatic rings. The molecule has 0 saturated carbocycles. The van der Waals surface area contributed by atoms with Gasteiger partial charge in [-0.25, -0.2) is 9.37 Å². The van der Waals surface area contributed by atoms with Gasteiger partial charge in [-0.2, -0.15) is 0 Å². The van der Waals surface area contributed by atoms with Gasteiger partial charge in [-0.15, -0.1) is 0 Å². The summed E-state index contributed by atoms with van der Waals surface area (Å²) in [4.78, 5) is 20.9. The van der Waals surface area contributed by atoms with E-state index >= 15 is 0 Å². The summed E-state index contributed by atoms with van der Waals surface area (Å²) in [6.07, 6.45) is 4.90. The number of halogens is 1. The standard InChI is InChI=1S/C18H23FN4O/c1-21-9-8-20-17(21)14-22-10-12-23(13-11-22)18(24)7-4-15-2-5-16(19)6-3-15/h2-3,5-6,8-9H,4,7,10-14H2,1H3. The van der Waals surface area contributed by atoms with Crippen molar-refractivity contribution in [1.29, 1.82) is 0 Å². The minimum absolute atomic E-state index is 0.177. The molecule has 2 heterocycles. The van der Waals surface area contributed by atoms with E-state index in [9.17, 15) is 9.18 Å². The van der Waals surface area contributed by atoms with Crippen LogP contribution in [-0.2, 0) is 24.8 Å². The van der Waals surface area contributed by atoms with Crippen LogP contribution in [0.15, 0.2) is 36.7 Å². The summed E-state index contributed by atoms with van der Waals surface area (Å²) in [6, 6.07) is 6.37. The summed E-state index contributed by atoms with van der Waals surface area (Å²) in [5.41, 5.74) is 0.998. The van der Waals surface area contributed by atoms with Crippen LogP contribution in [0.2, 0.25) is 0 Å². The van der Waals surface area contributed by atoms with Gasteiger partial charge in [0, 0.05) is 52.0 Å². The zero-order chi connectivity index (χ0) is 16.9. The summed E-state index contributed by atoms with van der Waals surface area (Å²) in [7, 11) is 2.00. The van der Waals surface area contributed by atoms with Gasteiger partial charge in [-0.3, -0.25) is 9.69 Å². The van der Waals surface area contributed by atoms with Crippen LogP contribution in [-0.4, -0.2) is 51.4 Å². The Morgan fingerprint density at radius 3 is 2.50 bits per heavy atom. The van der Waals surface area contributed by atoms with E-state index in [1.54, 1.807) is 12.1 Å². The van der Waals surface area contributed by atoms with Gasteiger partial charge in [0.05, 0.1) is 6.54 Å². The van der Waals surface area contributed by atoms with Crippen LogP contribution in [0.1, 0.15) is 17.8 Å². The van der Waals surface area contributed by atoms with E-state index in [4.69, 9.17) is 0 Å². The first-order chi connectivity index (χ1) is 11.6. The molecule has 5 nitrogen and oxygen atoms in total. The lowest BCUT2D eigenvalue weighted by Crippen LogP contribution is -2.48. The number of aryl methyl sites for hydroxylation is 2. The number of carbonyl (C=O) groups excluding carboxylic acids is 1. The van der Waals surface area contributed by atoms with Crippen molar-refractivity contribution >= 4 is 5.91 Å². The number of carbonyl (C=O) groups is 1. The molecule has 0 radical (unpaired) electrons. The van der Waals surface area contributed by atoms with Crippen molar-refractivity contribution in [2.24, 2.45) is 7.05 Å². The van der Waals surface area contributed by atoms with Gasteiger partial charge in [-0.05, 0) is 24.1 Å². The molecule has 0 unspecified atom stereocenters. The molecule has 24 heavy (non-hydrogen) atoms. The molecule has 0 N–H and O–H groups in total. The summed E-state index contributed by atoms with van der Waals surface area (Å²) < 4.78 is 14.9. The normalized spacial score (nSPS) is 15.7. The summed E-state index contributed by atoms with van der Waals surface area (Å²) >= 11 is 0. The molecule has 0 spiro atoms. The first kappa shape index (κ1) is 16.6. The molecule has 128 valence electrons. The largest absolute Gasteiger partial charge is 0.340 e. The van der Waals surface area contributed by atoms with E-state index in [1.165, 1.54) is 12.1 Å². The first-order valence-corrected chi connectivity index (χ1v) is 8.32. The maximum absolute atomic E-state index is 12.9. The summed E-state index contributed by atoms with van der Waals surface area (Å²) in [6.45, 7) is 4.07. The molecule has 1 saturated heterocycles. The van der Waals surface area contributed by atoms with Gasteiger partial charge in [-0.1, -0.05) is 12.1 Å². The molecular weight excluding hydrogens is 307 g/mol. The lowest BCUT2D eigenvalue weighted by atomic mass is 10.1. The molecule has 0 atom stereocenters. The maximum Gasteiger partial charge on any atom is 0.222 e. The maximum atomic E-state index is 12.9. The van der Waals surface area contributed by atoms with Crippen molar-refractivity contribution in [2.45, 2.75) is 19.4 Å². The molecule has 1 aromatic heterocycles. The van der Waals surface area contributed by atoms with Gasteiger partial charge in [0.25, 0.3) is 0 Å². The van der Waals surface area contributed by atoms with E-state index in [1.807, 2.05) is 28.9 Å². The lowest BCUT2D eigenvalue weighted by molar-refractivity contribution is -0.133. The SMILES string of the molecule is Cn1ccnc1CN1CCN(C(=O)CCc2ccc(F)cc2)CC1. The molecule has 1 aromatic carbocycles. The highest BCUT2D eigenvalue weighted by atomic mass is 19.1. The van der Waals surface area contributed by atoms with Crippen LogP contribution < -0.4 is 0 Å². The van der Waals surface area contributed by atoms with Gasteiger partial charge in [0.1, 0.15) is 11.6 Å². The Morgan fingerprint density at radius 2 is 1.88 bits per heavy atom. The molecule has 1 aliphatic rings. The molecule has 1 fully saturated rings. The first-order valence-electron chi connectivity index (χ1n) is 8.32. The Morgan fingerprint density at radius 1 is 1.17 bits per heavy atom. The predicted molar refractivity (Wildman–Crippen MR) is 89.8 cm³/mol. The zero-order valence-corrected chi connectivity index (χ0v) is 14.0. The highest BCUT2D eigenvalue weighted by Gasteiger charge is 2.21. The average Bonchev–Trinajstić information content (AvgIpc) is 3.00. The number of hydrogen-bond acceptors (Lipinski definition) is 3. The predicted octanol–water partition coefficient (Wildman–Crippen LogP) is 1.84. The van der Waals surface area contributed by atoms with Crippen LogP contribution >= 0.6 is 0 Å².